The van der Waals surface area contributed by atoms with Gasteiger partial charge in [0.2, 0.25) is 0 Å². The number of allylic oxidation sites excluding steroid dienone is 1. The van der Waals surface area contributed by atoms with E-state index in [-0.39, 0.29) is 23.9 Å². The van der Waals surface area contributed by atoms with E-state index in [0.29, 0.717) is 28.0 Å². The van der Waals surface area contributed by atoms with Gasteiger partial charge in [0.05, 0.1) is 34.4 Å². The van der Waals surface area contributed by atoms with E-state index in [4.69, 9.17) is 15.2 Å². The number of thiophene rings is 1. The molecule has 1 saturated carbocycles. The lowest BCUT2D eigenvalue weighted by Gasteiger charge is -2.31. The number of carbonyl (C=O) groups is 2. The maximum Gasteiger partial charge on any atom is 0.339 e. The second kappa shape index (κ2) is 9.47. The maximum atomic E-state index is 13.5. The van der Waals surface area contributed by atoms with Crippen LogP contribution in [0.1, 0.15) is 35.4 Å². The summed E-state index contributed by atoms with van der Waals surface area (Å²) in [5.41, 5.74) is 9.23. The predicted molar refractivity (Wildman–Crippen MR) is 132 cm³/mol. The second-order valence-electron chi connectivity index (χ2n) is 8.67. The van der Waals surface area contributed by atoms with Crippen molar-refractivity contribution in [1.29, 1.82) is 5.26 Å². The van der Waals surface area contributed by atoms with E-state index >= 15 is 0 Å². The highest BCUT2D eigenvalue weighted by Crippen LogP contribution is 2.48. The van der Waals surface area contributed by atoms with Gasteiger partial charge in [-0.15, -0.1) is 11.3 Å². The van der Waals surface area contributed by atoms with Gasteiger partial charge in [0.15, 0.2) is 0 Å². The normalized spacial score (nSPS) is 17.5. The molecule has 7 nitrogen and oxygen atoms in total. The molecule has 2 aliphatic rings. The summed E-state index contributed by atoms with van der Waals surface area (Å²) in [7, 11) is 1.30. The molecule has 36 heavy (non-hydrogen) atoms. The number of nitrogens with one attached hydrogen (secondary N) is 1. The number of hydrogen-bond donors (Lipinski definition) is 2. The zero-order chi connectivity index (χ0) is 25.4. The molecular formula is C27H22FN3O4S. The number of fused-ring (bicyclic) bond motifs is 1. The van der Waals surface area contributed by atoms with Crippen LogP contribution < -0.4 is 11.1 Å². The summed E-state index contributed by atoms with van der Waals surface area (Å²) in [6.07, 6.45) is 1.77. The average molecular weight is 504 g/mol. The highest BCUT2D eigenvalue weighted by Gasteiger charge is 2.44. The lowest BCUT2D eigenvalue weighted by atomic mass is 9.80. The molecule has 1 aromatic heterocycles. The van der Waals surface area contributed by atoms with Crippen molar-refractivity contribution in [1.82, 2.24) is 5.32 Å². The van der Waals surface area contributed by atoms with E-state index in [2.05, 4.69) is 11.4 Å². The van der Waals surface area contributed by atoms with Gasteiger partial charge in [-0.25, -0.2) is 14.0 Å². The Morgan fingerprint density at radius 2 is 1.92 bits per heavy atom. The molecule has 1 unspecified atom stereocenters. The number of ether oxygens (including phenoxy) is 2. The van der Waals surface area contributed by atoms with E-state index in [1.165, 1.54) is 42.7 Å². The topological polar surface area (TPSA) is 114 Å². The van der Waals surface area contributed by atoms with Gasteiger partial charge >= 0.3 is 11.9 Å². The van der Waals surface area contributed by atoms with E-state index in [1.54, 1.807) is 12.1 Å². The van der Waals surface area contributed by atoms with Crippen molar-refractivity contribution in [3.63, 3.8) is 0 Å². The van der Waals surface area contributed by atoms with Crippen LogP contribution in [0, 0.1) is 23.1 Å². The lowest BCUT2D eigenvalue weighted by Crippen LogP contribution is -2.37. The smallest absolute Gasteiger partial charge is 0.339 e. The molecule has 0 spiro atoms. The van der Waals surface area contributed by atoms with Gasteiger partial charge in [-0.05, 0) is 58.9 Å². The van der Waals surface area contributed by atoms with Crippen molar-refractivity contribution in [2.24, 2.45) is 11.7 Å². The molecule has 1 aliphatic heterocycles. The number of benzene rings is 2. The number of nitrogens with two attached hydrogens (primary N) is 1. The minimum absolute atomic E-state index is 0.0870. The zero-order valence-electron chi connectivity index (χ0n) is 19.3. The Hall–Kier alpha value is -4.16. The van der Waals surface area contributed by atoms with Gasteiger partial charge in [-0.2, -0.15) is 5.26 Å². The van der Waals surface area contributed by atoms with Crippen molar-refractivity contribution in [2.45, 2.75) is 25.4 Å². The highest BCUT2D eigenvalue weighted by atomic mass is 32.1. The van der Waals surface area contributed by atoms with Gasteiger partial charge in [-0.1, -0.05) is 24.3 Å². The number of dihydropyridines is 1. The van der Waals surface area contributed by atoms with Crippen LogP contribution in [0.4, 0.5) is 4.39 Å². The maximum absolute atomic E-state index is 13.5. The molecule has 3 N–H and O–H groups in total. The highest BCUT2D eigenvalue weighted by molar-refractivity contribution is 7.17. The Labute approximate surface area is 210 Å². The molecule has 0 bridgehead atoms. The Balaban J connectivity index is 1.62. The third-order valence-electron chi connectivity index (χ3n) is 6.38. The van der Waals surface area contributed by atoms with Crippen molar-refractivity contribution in [3.8, 4) is 6.07 Å². The number of methoxy groups -OCH3 is 1. The summed E-state index contributed by atoms with van der Waals surface area (Å²) in [6.45, 7) is -0.0989. The Kier molecular flexibility index (Phi) is 6.20. The largest absolute Gasteiger partial charge is 0.466 e. The molecule has 0 radical (unpaired) electrons. The first-order chi connectivity index (χ1) is 17.4. The number of esters is 2. The monoisotopic (exact) mass is 503 g/mol. The number of nitrogens with zero attached hydrogens (tertiary/aromatic N) is 1. The Morgan fingerprint density at radius 1 is 1.17 bits per heavy atom. The summed E-state index contributed by atoms with van der Waals surface area (Å²) >= 11 is 1.36. The summed E-state index contributed by atoms with van der Waals surface area (Å²) in [5.74, 6) is -2.30. The summed E-state index contributed by atoms with van der Waals surface area (Å²) in [4.78, 5) is 26.6. The van der Waals surface area contributed by atoms with Gasteiger partial charge in [0, 0.05) is 5.70 Å². The number of carbonyl (C=O) groups excluding carboxylic acids is 2. The standard InChI is InChI=1S/C27H22FN3O4S/c1-34-26(32)21-20(19-13-36-24-16(11-29)3-2-4-18(19)24)22(25(30)31-23(21)15-7-8-15)27(33)35-12-14-5-9-17(28)10-6-14/h2-6,9-10,13,15,20,31H,7-8,12,30H2,1H3. The molecule has 3 aromatic rings. The van der Waals surface area contributed by atoms with Crippen LogP contribution in [-0.2, 0) is 25.7 Å². The van der Waals surface area contributed by atoms with E-state index in [0.717, 1.165) is 22.9 Å². The van der Waals surface area contributed by atoms with Gasteiger partial charge < -0.3 is 20.5 Å². The van der Waals surface area contributed by atoms with Crippen molar-refractivity contribution in [3.05, 3.63) is 93.0 Å². The summed E-state index contributed by atoms with van der Waals surface area (Å²) in [6, 6.07) is 13.2. The third-order valence-corrected chi connectivity index (χ3v) is 7.43. The van der Waals surface area contributed by atoms with Gasteiger partial charge in [0.25, 0.3) is 0 Å². The second-order valence-corrected chi connectivity index (χ2v) is 9.55. The Bertz CT molecular complexity index is 1480. The number of hydrogen-bond acceptors (Lipinski definition) is 8. The van der Waals surface area contributed by atoms with Crippen LogP contribution in [0.3, 0.4) is 0 Å². The van der Waals surface area contributed by atoms with Crippen molar-refractivity contribution >= 4 is 33.4 Å². The Morgan fingerprint density at radius 3 is 2.58 bits per heavy atom. The minimum Gasteiger partial charge on any atom is -0.466 e. The number of halogens is 1. The number of nitriles is 1. The molecule has 2 heterocycles. The minimum atomic E-state index is -0.849. The van der Waals surface area contributed by atoms with Crippen molar-refractivity contribution in [2.75, 3.05) is 7.11 Å². The molecule has 1 fully saturated rings. The molecule has 2 aromatic carbocycles. The molecule has 0 saturated heterocycles. The summed E-state index contributed by atoms with van der Waals surface area (Å²) < 4.78 is 24.7. The van der Waals surface area contributed by atoms with Crippen LogP contribution in [0.15, 0.2) is 70.5 Å². The fourth-order valence-electron chi connectivity index (χ4n) is 4.50. The first-order valence-electron chi connectivity index (χ1n) is 11.3. The lowest BCUT2D eigenvalue weighted by molar-refractivity contribution is -0.140. The van der Waals surface area contributed by atoms with E-state index in [1.807, 2.05) is 11.4 Å². The van der Waals surface area contributed by atoms with Crippen LogP contribution in [0.5, 0.6) is 0 Å². The predicted octanol–water partition coefficient (Wildman–Crippen LogP) is 4.35. The van der Waals surface area contributed by atoms with Gasteiger partial charge in [-0.3, -0.25) is 0 Å². The molecule has 9 heteroatoms. The van der Waals surface area contributed by atoms with Gasteiger partial charge in [0.1, 0.15) is 24.3 Å². The van der Waals surface area contributed by atoms with E-state index < -0.39 is 23.7 Å². The molecule has 182 valence electrons. The van der Waals surface area contributed by atoms with Crippen molar-refractivity contribution < 1.29 is 23.5 Å². The molecule has 1 aliphatic carbocycles. The fraction of sp³-hybridized carbons (Fsp3) is 0.222. The molecule has 5 rings (SSSR count). The fourth-order valence-corrected chi connectivity index (χ4v) is 5.56. The van der Waals surface area contributed by atoms with Crippen LogP contribution in [-0.4, -0.2) is 19.0 Å². The molecule has 1 atom stereocenters. The third kappa shape index (κ3) is 4.20. The van der Waals surface area contributed by atoms with Crippen LogP contribution >= 0.6 is 11.3 Å². The quantitative estimate of drug-likeness (QED) is 0.481. The average Bonchev–Trinajstić information content (AvgIpc) is 3.65. The molecule has 0 amide bonds. The van der Waals surface area contributed by atoms with E-state index in [9.17, 15) is 19.2 Å². The number of rotatable bonds is 6. The van der Waals surface area contributed by atoms with Crippen LogP contribution in [0.25, 0.3) is 10.1 Å². The molecular weight excluding hydrogens is 481 g/mol. The first-order valence-corrected chi connectivity index (χ1v) is 12.2. The first kappa shape index (κ1) is 23.6. The zero-order valence-corrected chi connectivity index (χ0v) is 20.2. The van der Waals surface area contributed by atoms with Crippen LogP contribution in [0.2, 0.25) is 0 Å². The summed E-state index contributed by atoms with van der Waals surface area (Å²) in [5, 5.41) is 15.2. The SMILES string of the molecule is COC(=O)C1=C(C2CC2)NC(N)=C(C(=O)OCc2ccc(F)cc2)C1c1csc2c(C#N)cccc12.